The number of benzene rings is 3. The van der Waals surface area contributed by atoms with E-state index in [1.165, 1.54) is 24.3 Å². The minimum Gasteiger partial charge on any atom is -0.280 e. The standard InChI is InChI=1S/C20H14Cl2FN3O3S/c21-14-7-4-8-18(19(14)23)30(28,29)25-16-9-13-17(10-15(16)22)26(24-20(13)27)11-12-5-2-1-3-6-12/h1-10,25H,11H2,(H,24,27). The second-order valence-electron chi connectivity index (χ2n) is 6.52. The smallest absolute Gasteiger partial charge is 0.272 e. The number of nitrogens with one attached hydrogen (secondary N) is 2. The van der Waals surface area contributed by atoms with Gasteiger partial charge in [0.05, 0.1) is 33.2 Å². The summed E-state index contributed by atoms with van der Waals surface area (Å²) in [5.74, 6) is -1.07. The Morgan fingerprint density at radius 2 is 1.73 bits per heavy atom. The Hall–Kier alpha value is -2.81. The van der Waals surface area contributed by atoms with Crippen LogP contribution in [-0.2, 0) is 16.6 Å². The van der Waals surface area contributed by atoms with E-state index in [0.717, 1.165) is 11.6 Å². The molecule has 2 N–H and O–H groups in total. The van der Waals surface area contributed by atoms with Crippen molar-refractivity contribution in [2.45, 2.75) is 11.4 Å². The molecule has 0 aliphatic heterocycles. The number of aromatic amines is 1. The fourth-order valence-electron chi connectivity index (χ4n) is 3.07. The first-order valence-corrected chi connectivity index (χ1v) is 10.9. The van der Waals surface area contributed by atoms with Crippen molar-refractivity contribution in [2.24, 2.45) is 0 Å². The minimum atomic E-state index is -4.33. The van der Waals surface area contributed by atoms with Gasteiger partial charge in [-0.25, -0.2) is 12.8 Å². The van der Waals surface area contributed by atoms with Crippen molar-refractivity contribution in [1.29, 1.82) is 0 Å². The second-order valence-corrected chi connectivity index (χ2v) is 8.98. The first-order chi connectivity index (χ1) is 14.3. The third kappa shape index (κ3) is 3.81. The van der Waals surface area contributed by atoms with E-state index in [1.807, 2.05) is 30.3 Å². The number of fused-ring (bicyclic) bond motifs is 1. The van der Waals surface area contributed by atoms with Crippen LogP contribution in [0.2, 0.25) is 10.0 Å². The molecule has 0 aliphatic rings. The van der Waals surface area contributed by atoms with Gasteiger partial charge in [0, 0.05) is 0 Å². The van der Waals surface area contributed by atoms with Crippen molar-refractivity contribution in [1.82, 2.24) is 9.78 Å². The lowest BCUT2D eigenvalue weighted by Crippen LogP contribution is -2.15. The zero-order valence-corrected chi connectivity index (χ0v) is 17.5. The van der Waals surface area contributed by atoms with Crippen LogP contribution in [0.5, 0.6) is 0 Å². The van der Waals surface area contributed by atoms with Crippen LogP contribution in [0.15, 0.2) is 70.4 Å². The SMILES string of the molecule is O=c1[nH]n(Cc2ccccc2)c2cc(Cl)c(NS(=O)(=O)c3cccc(Cl)c3F)cc12. The number of H-pyrrole nitrogens is 1. The van der Waals surface area contributed by atoms with E-state index in [-0.39, 0.29) is 21.1 Å². The van der Waals surface area contributed by atoms with E-state index in [0.29, 0.717) is 12.1 Å². The summed E-state index contributed by atoms with van der Waals surface area (Å²) in [4.78, 5) is 11.8. The Kier molecular flexibility index (Phi) is 5.31. The molecule has 30 heavy (non-hydrogen) atoms. The number of hydrogen-bond donors (Lipinski definition) is 2. The maximum Gasteiger partial charge on any atom is 0.272 e. The Labute approximate surface area is 180 Å². The van der Waals surface area contributed by atoms with E-state index in [2.05, 4.69) is 9.82 Å². The summed E-state index contributed by atoms with van der Waals surface area (Å²) in [6.07, 6.45) is 0. The Bertz CT molecular complexity index is 1420. The molecule has 0 spiro atoms. The van der Waals surface area contributed by atoms with Gasteiger partial charge in [0.1, 0.15) is 4.90 Å². The first kappa shape index (κ1) is 20.5. The quantitative estimate of drug-likeness (QED) is 0.450. The normalized spacial score (nSPS) is 11.7. The summed E-state index contributed by atoms with van der Waals surface area (Å²) in [5, 5.41) is 2.68. The number of nitrogens with zero attached hydrogens (tertiary/aromatic N) is 1. The predicted molar refractivity (Wildman–Crippen MR) is 115 cm³/mol. The molecule has 0 saturated carbocycles. The molecule has 10 heteroatoms. The van der Waals surface area contributed by atoms with Gasteiger partial charge >= 0.3 is 0 Å². The molecule has 4 rings (SSSR count). The van der Waals surface area contributed by atoms with Crippen molar-refractivity contribution in [2.75, 3.05) is 4.72 Å². The summed E-state index contributed by atoms with van der Waals surface area (Å²) in [5.41, 5.74) is 1.01. The zero-order valence-electron chi connectivity index (χ0n) is 15.2. The lowest BCUT2D eigenvalue weighted by Gasteiger charge is -2.11. The van der Waals surface area contributed by atoms with Crippen LogP contribution in [0.1, 0.15) is 5.56 Å². The van der Waals surface area contributed by atoms with Crippen molar-refractivity contribution >= 4 is 49.8 Å². The van der Waals surface area contributed by atoms with Crippen molar-refractivity contribution in [3.8, 4) is 0 Å². The van der Waals surface area contributed by atoms with E-state index < -0.39 is 26.3 Å². The molecule has 0 aliphatic carbocycles. The van der Waals surface area contributed by atoms with Crippen LogP contribution in [0.4, 0.5) is 10.1 Å². The largest absolute Gasteiger partial charge is 0.280 e. The maximum atomic E-state index is 14.2. The number of aromatic nitrogens is 2. The monoisotopic (exact) mass is 465 g/mol. The van der Waals surface area contributed by atoms with Crippen LogP contribution in [0, 0.1) is 5.82 Å². The van der Waals surface area contributed by atoms with Crippen LogP contribution in [0.3, 0.4) is 0 Å². The third-order valence-corrected chi connectivity index (χ3v) is 6.48. The minimum absolute atomic E-state index is 0.0495. The van der Waals surface area contributed by atoms with Gasteiger partial charge in [-0.3, -0.25) is 19.3 Å². The molecule has 0 bridgehead atoms. The molecule has 154 valence electrons. The number of sulfonamides is 1. The third-order valence-electron chi connectivity index (χ3n) is 4.49. The summed E-state index contributed by atoms with van der Waals surface area (Å²) < 4.78 is 43.3. The number of hydrogen-bond acceptors (Lipinski definition) is 3. The molecular weight excluding hydrogens is 452 g/mol. The van der Waals surface area contributed by atoms with Gasteiger partial charge in [-0.05, 0) is 29.8 Å². The van der Waals surface area contributed by atoms with Gasteiger partial charge in [-0.2, -0.15) is 0 Å². The molecular formula is C20H14Cl2FN3O3S. The fourth-order valence-corrected chi connectivity index (χ4v) is 4.73. The molecule has 1 aromatic heterocycles. The van der Waals surface area contributed by atoms with Crippen molar-refractivity contribution in [3.05, 3.63) is 92.4 Å². The summed E-state index contributed by atoms with van der Waals surface area (Å²) in [7, 11) is -4.33. The number of rotatable bonds is 5. The molecule has 0 radical (unpaired) electrons. The molecule has 4 aromatic rings. The van der Waals surface area contributed by atoms with Crippen LogP contribution < -0.4 is 10.3 Å². The van der Waals surface area contributed by atoms with E-state index in [1.54, 1.807) is 4.68 Å². The highest BCUT2D eigenvalue weighted by Gasteiger charge is 2.23. The second kappa shape index (κ2) is 7.79. The highest BCUT2D eigenvalue weighted by Crippen LogP contribution is 2.30. The van der Waals surface area contributed by atoms with Crippen LogP contribution in [-0.4, -0.2) is 18.2 Å². The number of anilines is 1. The van der Waals surface area contributed by atoms with Crippen molar-refractivity contribution < 1.29 is 12.8 Å². The zero-order chi connectivity index (χ0) is 21.5. The van der Waals surface area contributed by atoms with Gasteiger partial charge in [0.25, 0.3) is 15.6 Å². The lowest BCUT2D eigenvalue weighted by atomic mass is 10.2. The lowest BCUT2D eigenvalue weighted by molar-refractivity contribution is 0.570. The maximum absolute atomic E-state index is 14.2. The van der Waals surface area contributed by atoms with E-state index in [9.17, 15) is 17.6 Å². The van der Waals surface area contributed by atoms with Crippen LogP contribution in [0.25, 0.3) is 10.9 Å². The molecule has 0 saturated heterocycles. The topological polar surface area (TPSA) is 84.0 Å². The van der Waals surface area contributed by atoms with E-state index in [4.69, 9.17) is 23.2 Å². The molecule has 6 nitrogen and oxygen atoms in total. The molecule has 0 atom stereocenters. The fraction of sp³-hybridized carbons (Fsp3) is 0.0500. The molecule has 0 amide bonds. The molecule has 0 fully saturated rings. The molecule has 0 unspecified atom stereocenters. The Balaban J connectivity index is 1.74. The van der Waals surface area contributed by atoms with Crippen molar-refractivity contribution in [3.63, 3.8) is 0 Å². The summed E-state index contributed by atoms with van der Waals surface area (Å²) in [6.45, 7) is 0.398. The van der Waals surface area contributed by atoms with Crippen LogP contribution >= 0.6 is 23.2 Å². The average Bonchev–Trinajstić information content (AvgIpc) is 2.99. The highest BCUT2D eigenvalue weighted by atomic mass is 35.5. The Morgan fingerprint density at radius 1 is 1.00 bits per heavy atom. The van der Waals surface area contributed by atoms with E-state index >= 15 is 0 Å². The molecule has 1 heterocycles. The first-order valence-electron chi connectivity index (χ1n) is 8.69. The predicted octanol–water partition coefficient (Wildman–Crippen LogP) is 4.62. The highest BCUT2D eigenvalue weighted by molar-refractivity contribution is 7.92. The average molecular weight is 466 g/mol. The Morgan fingerprint density at radius 3 is 2.47 bits per heavy atom. The van der Waals surface area contributed by atoms with Gasteiger partial charge in [-0.15, -0.1) is 0 Å². The summed E-state index contributed by atoms with van der Waals surface area (Å²) >= 11 is 12.0. The number of halogens is 3. The van der Waals surface area contributed by atoms with Gasteiger partial charge < -0.3 is 0 Å². The van der Waals surface area contributed by atoms with Gasteiger partial charge in [0.2, 0.25) is 0 Å². The van der Waals surface area contributed by atoms with Gasteiger partial charge in [-0.1, -0.05) is 59.6 Å². The summed E-state index contributed by atoms with van der Waals surface area (Å²) in [6, 6.07) is 15.9. The molecule has 3 aromatic carbocycles. The van der Waals surface area contributed by atoms with Gasteiger partial charge in [0.15, 0.2) is 5.82 Å².